The monoisotopic (exact) mass is 396 g/mol. The minimum absolute atomic E-state index is 0.0181. The zero-order chi connectivity index (χ0) is 20.5. The van der Waals surface area contributed by atoms with Gasteiger partial charge in [0.05, 0.1) is 23.6 Å². The SMILES string of the molecule is COc1ccc(C(=O)COC(=O)c2ccc3c(=O)n4c(nc3c2)CCC4)cc1F. The quantitative estimate of drug-likeness (QED) is 0.487. The largest absolute Gasteiger partial charge is 0.494 e. The average Bonchev–Trinajstić information content (AvgIpc) is 3.20. The molecule has 2 heterocycles. The molecule has 0 bridgehead atoms. The fourth-order valence-electron chi connectivity index (χ4n) is 3.35. The summed E-state index contributed by atoms with van der Waals surface area (Å²) < 4.78 is 25.2. The molecule has 0 saturated carbocycles. The van der Waals surface area contributed by atoms with Gasteiger partial charge in [0.25, 0.3) is 5.56 Å². The summed E-state index contributed by atoms with van der Waals surface area (Å²) in [6, 6.07) is 8.24. The van der Waals surface area contributed by atoms with Crippen molar-refractivity contribution in [1.82, 2.24) is 9.55 Å². The number of methoxy groups -OCH3 is 1. The van der Waals surface area contributed by atoms with E-state index in [0.717, 1.165) is 12.5 Å². The molecule has 0 saturated heterocycles. The third kappa shape index (κ3) is 3.49. The number of hydrogen-bond acceptors (Lipinski definition) is 6. The number of hydrogen-bond donors (Lipinski definition) is 0. The van der Waals surface area contributed by atoms with Crippen LogP contribution in [0.1, 0.15) is 33.0 Å². The lowest BCUT2D eigenvalue weighted by Gasteiger charge is -2.08. The second-order valence-corrected chi connectivity index (χ2v) is 6.67. The van der Waals surface area contributed by atoms with Gasteiger partial charge in [-0.25, -0.2) is 14.2 Å². The summed E-state index contributed by atoms with van der Waals surface area (Å²) in [6.45, 7) is 0.109. The second-order valence-electron chi connectivity index (χ2n) is 6.67. The summed E-state index contributed by atoms with van der Waals surface area (Å²) >= 11 is 0. The van der Waals surface area contributed by atoms with Crippen LogP contribution in [-0.2, 0) is 17.7 Å². The number of nitrogens with zero attached hydrogens (tertiary/aromatic N) is 2. The van der Waals surface area contributed by atoms with Crippen LogP contribution >= 0.6 is 0 Å². The highest BCUT2D eigenvalue weighted by molar-refractivity contribution is 6.00. The van der Waals surface area contributed by atoms with E-state index in [1.54, 1.807) is 4.57 Å². The highest BCUT2D eigenvalue weighted by Gasteiger charge is 2.18. The van der Waals surface area contributed by atoms with Gasteiger partial charge in [0.2, 0.25) is 0 Å². The Morgan fingerprint density at radius 3 is 2.72 bits per heavy atom. The molecule has 0 unspecified atom stereocenters. The normalized spacial score (nSPS) is 12.6. The molecule has 4 rings (SSSR count). The molecule has 0 N–H and O–H groups in total. The highest BCUT2D eigenvalue weighted by Crippen LogP contribution is 2.19. The van der Waals surface area contributed by atoms with Crippen LogP contribution in [0.25, 0.3) is 10.9 Å². The first-order valence-electron chi connectivity index (χ1n) is 9.05. The molecule has 0 amide bonds. The van der Waals surface area contributed by atoms with E-state index >= 15 is 0 Å². The van der Waals surface area contributed by atoms with Crippen molar-refractivity contribution in [3.63, 3.8) is 0 Å². The van der Waals surface area contributed by atoms with E-state index in [4.69, 9.17) is 9.47 Å². The Kier molecular flexibility index (Phi) is 4.84. The average molecular weight is 396 g/mol. The summed E-state index contributed by atoms with van der Waals surface area (Å²) in [7, 11) is 1.32. The fourth-order valence-corrected chi connectivity index (χ4v) is 3.35. The minimum atomic E-state index is -0.725. The Hall–Kier alpha value is -3.55. The molecule has 3 aromatic rings. The van der Waals surface area contributed by atoms with E-state index in [1.165, 1.54) is 37.4 Å². The standard InChI is InChI=1S/C21H17FN2O5/c1-28-18-7-5-12(9-15(18)22)17(25)11-29-21(27)13-4-6-14-16(10-13)23-19-3-2-8-24(19)20(14)26/h4-7,9-10H,2-3,8,11H2,1H3. The smallest absolute Gasteiger partial charge is 0.338 e. The minimum Gasteiger partial charge on any atom is -0.494 e. The number of ketones is 1. The summed E-state index contributed by atoms with van der Waals surface area (Å²) in [6.07, 6.45) is 1.58. The Labute approximate surface area is 164 Å². The van der Waals surface area contributed by atoms with Crippen molar-refractivity contribution < 1.29 is 23.5 Å². The van der Waals surface area contributed by atoms with Crippen molar-refractivity contribution in [2.24, 2.45) is 0 Å². The van der Waals surface area contributed by atoms with Crippen LogP contribution in [0.15, 0.2) is 41.2 Å². The number of rotatable bonds is 5. The number of ether oxygens (including phenoxy) is 2. The fraction of sp³-hybridized carbons (Fsp3) is 0.238. The van der Waals surface area contributed by atoms with Gasteiger partial charge < -0.3 is 9.47 Å². The lowest BCUT2D eigenvalue weighted by atomic mass is 10.1. The molecule has 8 heteroatoms. The molecule has 29 heavy (non-hydrogen) atoms. The molecule has 1 aliphatic rings. The van der Waals surface area contributed by atoms with Crippen molar-refractivity contribution >= 4 is 22.7 Å². The second kappa shape index (κ2) is 7.46. The van der Waals surface area contributed by atoms with Crippen LogP contribution in [0, 0.1) is 5.82 Å². The van der Waals surface area contributed by atoms with Crippen molar-refractivity contribution in [3.8, 4) is 5.75 Å². The molecule has 0 radical (unpaired) electrons. The Bertz CT molecular complexity index is 1200. The number of benzene rings is 2. The summed E-state index contributed by atoms with van der Waals surface area (Å²) in [5.41, 5.74) is 0.543. The zero-order valence-electron chi connectivity index (χ0n) is 15.6. The number of Topliss-reactive ketones (excluding diaryl/α,β-unsaturated/α-hetero) is 1. The van der Waals surface area contributed by atoms with E-state index in [0.29, 0.717) is 29.7 Å². The van der Waals surface area contributed by atoms with Crippen molar-refractivity contribution in [2.45, 2.75) is 19.4 Å². The highest BCUT2D eigenvalue weighted by atomic mass is 19.1. The van der Waals surface area contributed by atoms with Gasteiger partial charge in [0.1, 0.15) is 5.82 Å². The first kappa shape index (κ1) is 18.8. The molecule has 2 aromatic carbocycles. The summed E-state index contributed by atoms with van der Waals surface area (Å²) in [5, 5.41) is 0.428. The van der Waals surface area contributed by atoms with Gasteiger partial charge in [-0.1, -0.05) is 0 Å². The molecular formula is C21H17FN2O5. The lowest BCUT2D eigenvalue weighted by molar-refractivity contribution is 0.0475. The van der Waals surface area contributed by atoms with Gasteiger partial charge in [-0.2, -0.15) is 0 Å². The topological polar surface area (TPSA) is 87.5 Å². The lowest BCUT2D eigenvalue weighted by Crippen LogP contribution is -2.21. The van der Waals surface area contributed by atoms with E-state index in [2.05, 4.69) is 4.98 Å². The van der Waals surface area contributed by atoms with Gasteiger partial charge in [-0.05, 0) is 42.8 Å². The van der Waals surface area contributed by atoms with Gasteiger partial charge in [-0.3, -0.25) is 14.2 Å². The van der Waals surface area contributed by atoms with Crippen LogP contribution in [0.3, 0.4) is 0 Å². The molecule has 0 aliphatic carbocycles. The summed E-state index contributed by atoms with van der Waals surface area (Å²) in [4.78, 5) is 41.4. The first-order chi connectivity index (χ1) is 14.0. The van der Waals surface area contributed by atoms with E-state index in [9.17, 15) is 18.8 Å². The molecule has 0 fully saturated rings. The molecule has 0 atom stereocenters. The maximum atomic E-state index is 13.7. The third-order valence-corrected chi connectivity index (χ3v) is 4.86. The third-order valence-electron chi connectivity index (χ3n) is 4.86. The number of esters is 1. The van der Waals surface area contributed by atoms with E-state index in [-0.39, 0.29) is 22.4 Å². The van der Waals surface area contributed by atoms with E-state index in [1.807, 2.05) is 0 Å². The number of aryl methyl sites for hydroxylation is 1. The van der Waals surface area contributed by atoms with Crippen LogP contribution < -0.4 is 10.3 Å². The number of halogens is 1. The van der Waals surface area contributed by atoms with Gasteiger partial charge in [0.15, 0.2) is 24.0 Å². The molecule has 148 valence electrons. The Balaban J connectivity index is 1.50. The predicted molar refractivity (Wildman–Crippen MR) is 102 cm³/mol. The van der Waals surface area contributed by atoms with Crippen LogP contribution in [-0.4, -0.2) is 35.0 Å². The molecule has 1 aliphatic heterocycles. The molecule has 0 spiro atoms. The van der Waals surface area contributed by atoms with Gasteiger partial charge in [-0.15, -0.1) is 0 Å². The van der Waals surface area contributed by atoms with Crippen molar-refractivity contribution in [1.29, 1.82) is 0 Å². The van der Waals surface area contributed by atoms with Crippen molar-refractivity contribution in [3.05, 3.63) is 69.5 Å². The Morgan fingerprint density at radius 2 is 1.97 bits per heavy atom. The molecular weight excluding hydrogens is 379 g/mol. The van der Waals surface area contributed by atoms with Crippen LogP contribution in [0.4, 0.5) is 4.39 Å². The number of carbonyl (C=O) groups is 2. The molecule has 7 nitrogen and oxygen atoms in total. The first-order valence-corrected chi connectivity index (χ1v) is 9.05. The molecule has 1 aromatic heterocycles. The predicted octanol–water partition coefficient (Wildman–Crippen LogP) is 2.53. The van der Waals surface area contributed by atoms with Crippen molar-refractivity contribution in [2.75, 3.05) is 13.7 Å². The van der Waals surface area contributed by atoms with Gasteiger partial charge >= 0.3 is 5.97 Å². The number of carbonyl (C=O) groups excluding carboxylic acids is 2. The van der Waals surface area contributed by atoms with Crippen LogP contribution in [0.2, 0.25) is 0 Å². The zero-order valence-corrected chi connectivity index (χ0v) is 15.6. The van der Waals surface area contributed by atoms with Gasteiger partial charge in [0, 0.05) is 18.5 Å². The Morgan fingerprint density at radius 1 is 1.17 bits per heavy atom. The van der Waals surface area contributed by atoms with Crippen LogP contribution in [0.5, 0.6) is 5.75 Å². The maximum absolute atomic E-state index is 13.7. The van der Waals surface area contributed by atoms with E-state index < -0.39 is 24.2 Å². The maximum Gasteiger partial charge on any atom is 0.338 e. The number of aromatic nitrogens is 2. The number of fused-ring (bicyclic) bond motifs is 2. The summed E-state index contributed by atoms with van der Waals surface area (Å²) in [5.74, 6) is -1.23.